The van der Waals surface area contributed by atoms with Gasteiger partial charge in [-0.15, -0.1) is 0 Å². The summed E-state index contributed by atoms with van der Waals surface area (Å²) in [7, 11) is 0. The third kappa shape index (κ3) is 3.22. The van der Waals surface area contributed by atoms with Gasteiger partial charge in [0, 0.05) is 5.38 Å². The van der Waals surface area contributed by atoms with Crippen LogP contribution in [0.2, 0.25) is 0 Å². The molecule has 0 amide bonds. The molecule has 5 heteroatoms. The van der Waals surface area contributed by atoms with E-state index in [2.05, 4.69) is 11.6 Å². The van der Waals surface area contributed by atoms with Crippen molar-refractivity contribution >= 4 is 11.6 Å². The van der Waals surface area contributed by atoms with E-state index < -0.39 is 12.3 Å². The molecule has 0 aromatic heterocycles. The fourth-order valence-corrected chi connectivity index (χ4v) is 0.237. The van der Waals surface area contributed by atoms with E-state index in [-0.39, 0.29) is 0 Å². The first-order chi connectivity index (χ1) is 3.98. The van der Waals surface area contributed by atoms with Gasteiger partial charge in [0.1, 0.15) is 0 Å². The number of aliphatic hydroxyl groups excluding tert-OH is 1. The summed E-state index contributed by atoms with van der Waals surface area (Å²) >= 11 is 4.58. The lowest BCUT2D eigenvalue weighted by molar-refractivity contribution is -0.184. The molecule has 0 aliphatic heterocycles. The fraction of sp³-hybridized carbons (Fsp3) is 0.500. The van der Waals surface area contributed by atoms with Gasteiger partial charge in [-0.3, -0.25) is 0 Å². The van der Waals surface area contributed by atoms with Crippen LogP contribution in [0.1, 0.15) is 0 Å². The lowest BCUT2D eigenvalue weighted by Crippen LogP contribution is -2.26. The van der Waals surface area contributed by atoms with Gasteiger partial charge in [0.25, 0.3) is 0 Å². The number of aliphatic hydroxyl groups is 1. The first kappa shape index (κ1) is 8.60. The molecule has 0 aromatic rings. The smallest absolute Gasteiger partial charge is 0.372 e. The SMILES string of the molecule is OC(C#CCl)C(F)(F)F. The van der Waals surface area contributed by atoms with Crippen LogP contribution in [0, 0.1) is 11.3 Å². The van der Waals surface area contributed by atoms with Crippen LogP contribution in [0.25, 0.3) is 0 Å². The summed E-state index contributed by atoms with van der Waals surface area (Å²) < 4.78 is 33.7. The van der Waals surface area contributed by atoms with Crippen LogP contribution in [-0.4, -0.2) is 17.4 Å². The van der Waals surface area contributed by atoms with Crippen molar-refractivity contribution in [3.63, 3.8) is 0 Å². The highest BCUT2D eigenvalue weighted by molar-refractivity contribution is 6.30. The van der Waals surface area contributed by atoms with Crippen LogP contribution in [-0.2, 0) is 0 Å². The molecule has 0 rings (SSSR count). The van der Waals surface area contributed by atoms with Gasteiger partial charge in [0.05, 0.1) is 0 Å². The van der Waals surface area contributed by atoms with Crippen LogP contribution in [0.3, 0.4) is 0 Å². The molecule has 0 fully saturated rings. The summed E-state index contributed by atoms with van der Waals surface area (Å²) in [4.78, 5) is 0. The molecule has 0 heterocycles. The average molecular weight is 159 g/mol. The van der Waals surface area contributed by atoms with E-state index in [1.165, 1.54) is 11.3 Å². The molecule has 1 N–H and O–H groups in total. The number of rotatable bonds is 0. The molecule has 0 bridgehead atoms. The molecule has 1 unspecified atom stereocenters. The van der Waals surface area contributed by atoms with Crippen molar-refractivity contribution in [3.05, 3.63) is 0 Å². The summed E-state index contributed by atoms with van der Waals surface area (Å²) in [6.07, 6.45) is -7.32. The summed E-state index contributed by atoms with van der Waals surface area (Å²) in [5.41, 5.74) is 0. The Balaban J connectivity index is 3.99. The maximum Gasteiger partial charge on any atom is 0.425 e. The van der Waals surface area contributed by atoms with E-state index in [1.54, 1.807) is 0 Å². The molecule has 0 aliphatic rings. The van der Waals surface area contributed by atoms with Gasteiger partial charge in [-0.05, 0) is 17.5 Å². The second-order valence-corrected chi connectivity index (χ2v) is 1.37. The number of halogens is 4. The minimum absolute atomic E-state index is 1.33. The lowest BCUT2D eigenvalue weighted by Gasteiger charge is -2.06. The molecular weight excluding hydrogens is 156 g/mol. The third-order valence-corrected chi connectivity index (χ3v) is 0.610. The second-order valence-electron chi connectivity index (χ2n) is 1.18. The molecule has 0 saturated carbocycles. The normalized spacial score (nSPS) is 13.9. The Kier molecular flexibility index (Phi) is 2.82. The Bertz CT molecular complexity index is 142. The maximum absolute atomic E-state index is 11.2. The molecule has 9 heavy (non-hydrogen) atoms. The van der Waals surface area contributed by atoms with Crippen molar-refractivity contribution in [2.45, 2.75) is 12.3 Å². The maximum atomic E-state index is 11.2. The summed E-state index contributed by atoms with van der Waals surface area (Å²) in [6, 6.07) is 0. The third-order valence-electron chi connectivity index (χ3n) is 0.501. The average Bonchev–Trinajstić information content (AvgIpc) is 1.64. The van der Waals surface area contributed by atoms with Crippen molar-refractivity contribution in [1.82, 2.24) is 0 Å². The molecule has 0 spiro atoms. The van der Waals surface area contributed by atoms with Crippen LogP contribution in [0.15, 0.2) is 0 Å². The van der Waals surface area contributed by atoms with E-state index in [0.717, 1.165) is 0 Å². The second kappa shape index (κ2) is 2.95. The summed E-state index contributed by atoms with van der Waals surface area (Å²) in [6.45, 7) is 0. The Hall–Kier alpha value is -0.400. The molecule has 0 saturated heterocycles. The van der Waals surface area contributed by atoms with E-state index >= 15 is 0 Å². The van der Waals surface area contributed by atoms with E-state index in [1.807, 2.05) is 0 Å². The first-order valence-electron chi connectivity index (χ1n) is 1.84. The van der Waals surface area contributed by atoms with E-state index in [0.29, 0.717) is 0 Å². The van der Waals surface area contributed by atoms with Crippen LogP contribution in [0.4, 0.5) is 13.2 Å². The number of alkyl halides is 3. The zero-order valence-electron chi connectivity index (χ0n) is 4.04. The Labute approximate surface area is 54.4 Å². The predicted octanol–water partition coefficient (Wildman–Crippen LogP) is 1.11. The first-order valence-corrected chi connectivity index (χ1v) is 2.22. The zero-order chi connectivity index (χ0) is 7.49. The molecule has 1 atom stereocenters. The van der Waals surface area contributed by atoms with E-state index in [4.69, 9.17) is 5.11 Å². The van der Waals surface area contributed by atoms with Crippen LogP contribution >= 0.6 is 11.6 Å². The molecule has 1 nitrogen and oxygen atoms in total. The van der Waals surface area contributed by atoms with Gasteiger partial charge in [-0.25, -0.2) is 0 Å². The Morgan fingerprint density at radius 2 is 1.89 bits per heavy atom. The van der Waals surface area contributed by atoms with Crippen LogP contribution in [0.5, 0.6) is 0 Å². The predicted molar refractivity (Wildman–Crippen MR) is 25.7 cm³/mol. The fourth-order valence-electron chi connectivity index (χ4n) is 0.134. The highest BCUT2D eigenvalue weighted by Crippen LogP contribution is 2.18. The van der Waals surface area contributed by atoms with Crippen molar-refractivity contribution < 1.29 is 18.3 Å². The van der Waals surface area contributed by atoms with Gasteiger partial charge < -0.3 is 5.11 Å². The van der Waals surface area contributed by atoms with Gasteiger partial charge >= 0.3 is 6.18 Å². The van der Waals surface area contributed by atoms with Crippen molar-refractivity contribution in [2.75, 3.05) is 0 Å². The highest BCUT2D eigenvalue weighted by atomic mass is 35.5. The molecule has 0 radical (unpaired) electrons. The minimum atomic E-state index is -4.69. The van der Waals surface area contributed by atoms with Crippen LogP contribution < -0.4 is 0 Å². The Morgan fingerprint density at radius 1 is 1.44 bits per heavy atom. The molecule has 0 aliphatic carbocycles. The monoisotopic (exact) mass is 158 g/mol. The quantitative estimate of drug-likeness (QED) is 0.524. The Morgan fingerprint density at radius 3 is 2.00 bits per heavy atom. The van der Waals surface area contributed by atoms with E-state index in [9.17, 15) is 13.2 Å². The zero-order valence-corrected chi connectivity index (χ0v) is 4.79. The molecule has 52 valence electrons. The summed E-state index contributed by atoms with van der Waals surface area (Å²) in [5, 5.41) is 9.43. The molecule has 0 aromatic carbocycles. The number of hydrogen-bond acceptors (Lipinski definition) is 1. The number of hydrogen-bond donors (Lipinski definition) is 1. The highest BCUT2D eigenvalue weighted by Gasteiger charge is 2.36. The van der Waals surface area contributed by atoms with Crippen molar-refractivity contribution in [3.8, 4) is 11.3 Å². The minimum Gasteiger partial charge on any atom is -0.372 e. The van der Waals surface area contributed by atoms with Gasteiger partial charge in [0.2, 0.25) is 6.10 Å². The largest absolute Gasteiger partial charge is 0.425 e. The van der Waals surface area contributed by atoms with Gasteiger partial charge in [-0.2, -0.15) is 13.2 Å². The molecular formula is C4H2ClF3O. The van der Waals surface area contributed by atoms with Crippen molar-refractivity contribution in [2.24, 2.45) is 0 Å². The topological polar surface area (TPSA) is 20.2 Å². The van der Waals surface area contributed by atoms with Gasteiger partial charge in [-0.1, -0.05) is 0 Å². The van der Waals surface area contributed by atoms with Crippen molar-refractivity contribution in [1.29, 1.82) is 0 Å². The lowest BCUT2D eigenvalue weighted by atomic mass is 10.4. The van der Waals surface area contributed by atoms with Gasteiger partial charge in [0.15, 0.2) is 0 Å². The summed E-state index contributed by atoms with van der Waals surface area (Å²) in [5.74, 6) is 1.33. The standard InChI is InChI=1S/C4H2ClF3O/c5-2-1-3(9)4(6,7)8/h3,9H.